The van der Waals surface area contributed by atoms with Crippen molar-refractivity contribution in [1.29, 1.82) is 0 Å². The molecule has 6 amide bonds. The zero-order valence-corrected chi connectivity index (χ0v) is 23.2. The number of carbonyl (C=O) groups excluding carboxylic acids is 6. The van der Waals surface area contributed by atoms with Crippen LogP contribution in [0.25, 0.3) is 0 Å². The van der Waals surface area contributed by atoms with E-state index in [0.29, 0.717) is 49.4 Å². The number of hydrogen-bond donors (Lipinski definition) is 2. The first kappa shape index (κ1) is 28.6. The Balaban J connectivity index is 1.25. The summed E-state index contributed by atoms with van der Waals surface area (Å²) in [5.41, 5.74) is -0.0503. The maximum Gasteiger partial charge on any atom is 0.407 e. The summed E-state index contributed by atoms with van der Waals surface area (Å²) in [5.74, 6) is -1.52. The van der Waals surface area contributed by atoms with Crippen LogP contribution in [0.4, 0.5) is 4.79 Å². The standard InChI is InChI=1S/C27H34N4O7S/c1-27(2,3)38-26(37)28-16-11-13-30(14-12-16)21(33)8-5-15-39-19-7-4-6-17-22(19)25(36)31(24(17)35)18-9-10-20(32)29-23(18)34/h4,6-7,16,18H,5,8-15H2,1-3H3,(H,28,37)(H,29,32,34). The largest absolute Gasteiger partial charge is 0.444 e. The van der Waals surface area contributed by atoms with Gasteiger partial charge in [-0.1, -0.05) is 6.07 Å². The molecule has 2 N–H and O–H groups in total. The van der Waals surface area contributed by atoms with Gasteiger partial charge in [0.15, 0.2) is 0 Å². The maximum absolute atomic E-state index is 13.2. The third kappa shape index (κ3) is 6.78. The molecular weight excluding hydrogens is 524 g/mol. The lowest BCUT2D eigenvalue weighted by Crippen LogP contribution is -2.54. The first-order valence-electron chi connectivity index (χ1n) is 13.2. The Morgan fingerprint density at radius 1 is 1.08 bits per heavy atom. The number of hydrogen-bond acceptors (Lipinski definition) is 8. The summed E-state index contributed by atoms with van der Waals surface area (Å²) in [6.07, 6.45) is 1.98. The minimum absolute atomic E-state index is 0.0281. The van der Waals surface area contributed by atoms with Crippen LogP contribution in [0.3, 0.4) is 0 Å². The van der Waals surface area contributed by atoms with Crippen LogP contribution in [0, 0.1) is 0 Å². The second kappa shape index (κ2) is 11.8. The zero-order chi connectivity index (χ0) is 28.3. The minimum atomic E-state index is -1.01. The summed E-state index contributed by atoms with van der Waals surface area (Å²) < 4.78 is 5.30. The summed E-state index contributed by atoms with van der Waals surface area (Å²) in [5, 5.41) is 5.06. The van der Waals surface area contributed by atoms with Crippen molar-refractivity contribution in [1.82, 2.24) is 20.4 Å². The van der Waals surface area contributed by atoms with Gasteiger partial charge < -0.3 is 15.0 Å². The second-order valence-corrected chi connectivity index (χ2v) is 12.0. The molecule has 3 aliphatic rings. The van der Waals surface area contributed by atoms with Crippen molar-refractivity contribution >= 4 is 47.4 Å². The van der Waals surface area contributed by atoms with E-state index in [1.807, 2.05) is 20.8 Å². The van der Waals surface area contributed by atoms with Gasteiger partial charge in [0, 0.05) is 36.9 Å². The van der Waals surface area contributed by atoms with E-state index < -0.39 is 41.4 Å². The molecule has 1 atom stereocenters. The summed E-state index contributed by atoms with van der Waals surface area (Å²) in [6.45, 7) is 6.55. The van der Waals surface area contributed by atoms with E-state index in [4.69, 9.17) is 4.74 Å². The second-order valence-electron chi connectivity index (χ2n) is 10.9. The summed E-state index contributed by atoms with van der Waals surface area (Å²) >= 11 is 1.40. The summed E-state index contributed by atoms with van der Waals surface area (Å²) in [7, 11) is 0. The number of nitrogens with one attached hydrogen (secondary N) is 2. The lowest BCUT2D eigenvalue weighted by atomic mass is 10.0. The van der Waals surface area contributed by atoms with Gasteiger partial charge in [-0.05, 0) is 64.3 Å². The molecule has 4 rings (SSSR count). The molecule has 3 aliphatic heterocycles. The first-order chi connectivity index (χ1) is 18.4. The Morgan fingerprint density at radius 2 is 1.79 bits per heavy atom. The van der Waals surface area contributed by atoms with Crippen LogP contribution >= 0.6 is 11.8 Å². The third-order valence-electron chi connectivity index (χ3n) is 6.79. The van der Waals surface area contributed by atoms with Crippen molar-refractivity contribution in [2.24, 2.45) is 0 Å². The van der Waals surface area contributed by atoms with Crippen molar-refractivity contribution in [2.75, 3.05) is 18.8 Å². The average molecular weight is 559 g/mol. The Kier molecular flexibility index (Phi) is 8.63. The van der Waals surface area contributed by atoms with Gasteiger partial charge in [0.25, 0.3) is 11.8 Å². The molecule has 3 heterocycles. The number of imide groups is 2. The van der Waals surface area contributed by atoms with Crippen molar-refractivity contribution in [3.05, 3.63) is 29.3 Å². The number of nitrogens with zero attached hydrogens (tertiary/aromatic N) is 2. The highest BCUT2D eigenvalue weighted by molar-refractivity contribution is 7.99. The molecule has 0 aliphatic carbocycles. The lowest BCUT2D eigenvalue weighted by molar-refractivity contribution is -0.136. The highest BCUT2D eigenvalue weighted by Gasteiger charge is 2.45. The van der Waals surface area contributed by atoms with Crippen LogP contribution in [0.1, 0.15) is 80.0 Å². The predicted octanol–water partition coefficient (Wildman–Crippen LogP) is 2.48. The van der Waals surface area contributed by atoms with Gasteiger partial charge in [-0.2, -0.15) is 0 Å². The van der Waals surface area contributed by atoms with E-state index in [1.54, 1.807) is 23.1 Å². The van der Waals surface area contributed by atoms with Crippen LogP contribution in [0.15, 0.2) is 23.1 Å². The van der Waals surface area contributed by atoms with Crippen LogP contribution in [0.2, 0.25) is 0 Å². The Labute approximate surface area is 231 Å². The van der Waals surface area contributed by atoms with Crippen LogP contribution in [-0.2, 0) is 19.1 Å². The van der Waals surface area contributed by atoms with Crippen molar-refractivity contribution < 1.29 is 33.5 Å². The van der Waals surface area contributed by atoms with Crippen molar-refractivity contribution in [3.8, 4) is 0 Å². The lowest BCUT2D eigenvalue weighted by Gasteiger charge is -2.33. The number of carbonyl (C=O) groups is 6. The molecular formula is C27H34N4O7S. The molecule has 11 nitrogen and oxygen atoms in total. The van der Waals surface area contributed by atoms with Gasteiger partial charge in [-0.3, -0.25) is 34.2 Å². The fourth-order valence-corrected chi connectivity index (χ4v) is 5.94. The van der Waals surface area contributed by atoms with Gasteiger partial charge in [0.2, 0.25) is 17.7 Å². The molecule has 12 heteroatoms. The third-order valence-corrected chi connectivity index (χ3v) is 7.93. The number of ether oxygens (including phenoxy) is 1. The van der Waals surface area contributed by atoms with E-state index in [1.165, 1.54) is 11.8 Å². The Hall–Kier alpha value is -3.41. The van der Waals surface area contributed by atoms with Gasteiger partial charge in [-0.25, -0.2) is 4.79 Å². The van der Waals surface area contributed by atoms with Crippen LogP contribution < -0.4 is 10.6 Å². The molecule has 0 saturated carbocycles. The fourth-order valence-electron chi connectivity index (χ4n) is 4.92. The molecule has 1 unspecified atom stereocenters. The van der Waals surface area contributed by atoms with E-state index in [2.05, 4.69) is 10.6 Å². The molecule has 0 bridgehead atoms. The van der Waals surface area contributed by atoms with Gasteiger partial charge in [-0.15, -0.1) is 11.8 Å². The van der Waals surface area contributed by atoms with Crippen LogP contribution in [0.5, 0.6) is 0 Å². The Morgan fingerprint density at radius 3 is 2.46 bits per heavy atom. The summed E-state index contributed by atoms with van der Waals surface area (Å²) in [4.78, 5) is 78.0. The topological polar surface area (TPSA) is 142 Å². The molecule has 0 aromatic heterocycles. The van der Waals surface area contributed by atoms with Gasteiger partial charge >= 0.3 is 6.09 Å². The molecule has 39 heavy (non-hydrogen) atoms. The van der Waals surface area contributed by atoms with Gasteiger partial charge in [0.05, 0.1) is 11.1 Å². The summed E-state index contributed by atoms with van der Waals surface area (Å²) in [6, 6.07) is 3.98. The smallest absolute Gasteiger partial charge is 0.407 e. The molecule has 1 aromatic carbocycles. The zero-order valence-electron chi connectivity index (χ0n) is 22.4. The highest BCUT2D eigenvalue weighted by atomic mass is 32.2. The molecule has 2 fully saturated rings. The number of benzene rings is 1. The number of thioether (sulfide) groups is 1. The highest BCUT2D eigenvalue weighted by Crippen LogP contribution is 2.34. The SMILES string of the molecule is CC(C)(C)OC(=O)NC1CCN(C(=O)CCCSc2cccc3c2C(=O)N(C2CCC(=O)NC2=O)C3=O)CC1. The van der Waals surface area contributed by atoms with Crippen molar-refractivity contribution in [3.63, 3.8) is 0 Å². The molecule has 210 valence electrons. The molecule has 2 saturated heterocycles. The normalized spacial score (nSPS) is 20.1. The van der Waals surface area contributed by atoms with Gasteiger partial charge in [0.1, 0.15) is 11.6 Å². The number of rotatable bonds is 7. The number of alkyl carbamates (subject to hydrolysis) is 1. The average Bonchev–Trinajstić information content (AvgIpc) is 3.11. The number of likely N-dealkylation sites (tertiary alicyclic amines) is 1. The monoisotopic (exact) mass is 558 g/mol. The number of fused-ring (bicyclic) bond motifs is 1. The van der Waals surface area contributed by atoms with E-state index >= 15 is 0 Å². The molecule has 0 spiro atoms. The quantitative estimate of drug-likeness (QED) is 0.295. The minimum Gasteiger partial charge on any atom is -0.444 e. The van der Waals surface area contributed by atoms with E-state index in [0.717, 1.165) is 4.90 Å². The maximum atomic E-state index is 13.2. The Bertz CT molecular complexity index is 1190. The van der Waals surface area contributed by atoms with Crippen LogP contribution in [-0.4, -0.2) is 82.0 Å². The fraction of sp³-hybridized carbons (Fsp3) is 0.556. The first-order valence-corrected chi connectivity index (χ1v) is 14.2. The molecule has 1 aromatic rings. The number of amides is 6. The number of piperidine rings is 2. The van der Waals surface area contributed by atoms with E-state index in [9.17, 15) is 28.8 Å². The molecule has 0 radical (unpaired) electrons. The predicted molar refractivity (Wildman–Crippen MR) is 142 cm³/mol. The van der Waals surface area contributed by atoms with E-state index in [-0.39, 0.29) is 35.9 Å². The van der Waals surface area contributed by atoms with Crippen molar-refractivity contribution in [2.45, 2.75) is 81.9 Å².